The lowest BCUT2D eigenvalue weighted by Gasteiger charge is -2.29. The second-order valence-corrected chi connectivity index (χ2v) is 10.6. The summed E-state index contributed by atoms with van der Waals surface area (Å²) >= 11 is 0. The number of nitrogens with zero attached hydrogens (tertiary/aromatic N) is 3. The van der Waals surface area contributed by atoms with Crippen molar-refractivity contribution in [1.82, 2.24) is 14.2 Å². The van der Waals surface area contributed by atoms with Crippen LogP contribution in [0.25, 0.3) is 10.9 Å². The standard InChI is InChI=1S/C25H28N4O3S/c1-2-28-16-13-23-21(17-28)24(20-7-3-4-8-22(20)27-23)25(30)26-18-9-11-19(12-10-18)33(31,32)29-14-5-6-15-29/h3-4,7-12H,2,5-6,13-17H2,1H3,(H,26,30). The van der Waals surface area contributed by atoms with E-state index in [1.54, 1.807) is 24.3 Å². The molecule has 3 heterocycles. The smallest absolute Gasteiger partial charge is 0.256 e. The normalized spacial score (nSPS) is 17.2. The molecule has 0 atom stereocenters. The molecule has 5 rings (SSSR count). The molecular formula is C25H28N4O3S. The van der Waals surface area contributed by atoms with E-state index in [4.69, 9.17) is 4.98 Å². The Hall–Kier alpha value is -2.81. The van der Waals surface area contributed by atoms with Gasteiger partial charge in [-0.2, -0.15) is 4.31 Å². The highest BCUT2D eigenvalue weighted by atomic mass is 32.2. The number of likely N-dealkylation sites (N-methyl/N-ethyl adjacent to an activating group) is 1. The molecule has 0 aliphatic carbocycles. The maximum absolute atomic E-state index is 13.5. The number of aromatic nitrogens is 1. The van der Waals surface area contributed by atoms with E-state index in [1.807, 2.05) is 24.3 Å². The van der Waals surface area contributed by atoms with Crippen molar-refractivity contribution in [2.24, 2.45) is 0 Å². The molecule has 1 fully saturated rings. The predicted molar refractivity (Wildman–Crippen MR) is 129 cm³/mol. The fraction of sp³-hybridized carbons (Fsp3) is 0.360. The monoisotopic (exact) mass is 464 g/mol. The van der Waals surface area contributed by atoms with Crippen LogP contribution in [-0.2, 0) is 23.0 Å². The molecule has 1 amide bonds. The summed E-state index contributed by atoms with van der Waals surface area (Å²) in [6.07, 6.45) is 2.61. The third-order valence-corrected chi connectivity index (χ3v) is 8.53. The Morgan fingerprint density at radius 2 is 1.76 bits per heavy atom. The molecule has 0 spiro atoms. The van der Waals surface area contributed by atoms with Crippen molar-refractivity contribution < 1.29 is 13.2 Å². The summed E-state index contributed by atoms with van der Waals surface area (Å²) < 4.78 is 27.1. The van der Waals surface area contributed by atoms with E-state index in [-0.39, 0.29) is 10.8 Å². The molecular weight excluding hydrogens is 436 g/mol. The predicted octanol–water partition coefficient (Wildman–Crippen LogP) is 3.65. The Kier molecular flexibility index (Phi) is 5.90. The molecule has 0 bridgehead atoms. The van der Waals surface area contributed by atoms with Gasteiger partial charge in [0, 0.05) is 54.9 Å². The van der Waals surface area contributed by atoms with Gasteiger partial charge >= 0.3 is 0 Å². The van der Waals surface area contributed by atoms with Crippen molar-refractivity contribution in [3.05, 3.63) is 65.4 Å². The molecule has 2 aromatic carbocycles. The zero-order valence-electron chi connectivity index (χ0n) is 18.8. The number of hydrogen-bond donors (Lipinski definition) is 1. The number of para-hydroxylation sites is 1. The number of amides is 1. The summed E-state index contributed by atoms with van der Waals surface area (Å²) in [7, 11) is -3.48. The topological polar surface area (TPSA) is 82.6 Å². The van der Waals surface area contributed by atoms with Crippen molar-refractivity contribution in [3.63, 3.8) is 0 Å². The average molecular weight is 465 g/mol. The van der Waals surface area contributed by atoms with Crippen LogP contribution in [0.3, 0.4) is 0 Å². The lowest BCUT2D eigenvalue weighted by molar-refractivity contribution is 0.102. The second-order valence-electron chi connectivity index (χ2n) is 8.64. The number of benzene rings is 2. The first-order valence-corrected chi connectivity index (χ1v) is 13.0. The van der Waals surface area contributed by atoms with E-state index >= 15 is 0 Å². The third-order valence-electron chi connectivity index (χ3n) is 6.61. The molecule has 1 N–H and O–H groups in total. The molecule has 1 saturated heterocycles. The number of carbonyl (C=O) groups excluding carboxylic acids is 1. The number of fused-ring (bicyclic) bond motifs is 2. The van der Waals surface area contributed by atoms with Gasteiger partial charge in [0.1, 0.15) is 0 Å². The lowest BCUT2D eigenvalue weighted by atomic mass is 9.95. The van der Waals surface area contributed by atoms with E-state index in [1.165, 1.54) is 4.31 Å². The Morgan fingerprint density at radius 1 is 1.03 bits per heavy atom. The van der Waals surface area contributed by atoms with Gasteiger partial charge < -0.3 is 5.32 Å². The maximum Gasteiger partial charge on any atom is 0.256 e. The fourth-order valence-electron chi connectivity index (χ4n) is 4.76. The molecule has 172 valence electrons. The van der Waals surface area contributed by atoms with E-state index in [0.29, 0.717) is 30.9 Å². The number of rotatable bonds is 5. The molecule has 7 nitrogen and oxygen atoms in total. The minimum atomic E-state index is -3.48. The van der Waals surface area contributed by atoms with Crippen molar-refractivity contribution in [3.8, 4) is 0 Å². The average Bonchev–Trinajstić information content (AvgIpc) is 3.38. The number of hydrogen-bond acceptors (Lipinski definition) is 5. The van der Waals surface area contributed by atoms with Gasteiger partial charge in [-0.15, -0.1) is 0 Å². The van der Waals surface area contributed by atoms with E-state index < -0.39 is 10.0 Å². The van der Waals surface area contributed by atoms with Gasteiger partial charge in [0.2, 0.25) is 10.0 Å². The summed E-state index contributed by atoms with van der Waals surface area (Å²) in [6.45, 7) is 5.80. The highest BCUT2D eigenvalue weighted by Gasteiger charge is 2.28. The second kappa shape index (κ2) is 8.85. The van der Waals surface area contributed by atoms with Crippen molar-refractivity contribution in [1.29, 1.82) is 0 Å². The van der Waals surface area contributed by atoms with Crippen LogP contribution in [0, 0.1) is 0 Å². The van der Waals surface area contributed by atoms with Gasteiger partial charge in [-0.1, -0.05) is 25.1 Å². The Bertz CT molecular complexity index is 1300. The van der Waals surface area contributed by atoms with Crippen LogP contribution in [0.1, 0.15) is 41.4 Å². The quantitative estimate of drug-likeness (QED) is 0.623. The Balaban J connectivity index is 1.46. The number of nitrogens with one attached hydrogen (secondary N) is 1. The largest absolute Gasteiger partial charge is 0.322 e. The highest BCUT2D eigenvalue weighted by Crippen LogP contribution is 2.29. The molecule has 0 radical (unpaired) electrons. The number of sulfonamides is 1. The minimum Gasteiger partial charge on any atom is -0.322 e. The first-order valence-electron chi connectivity index (χ1n) is 11.5. The van der Waals surface area contributed by atoms with Gasteiger partial charge in [0.05, 0.1) is 16.0 Å². The first kappa shape index (κ1) is 22.0. The van der Waals surface area contributed by atoms with Crippen LogP contribution in [0.2, 0.25) is 0 Å². The van der Waals surface area contributed by atoms with Gasteiger partial charge in [0.25, 0.3) is 5.91 Å². The van der Waals surface area contributed by atoms with Crippen LogP contribution >= 0.6 is 0 Å². The molecule has 3 aromatic rings. The van der Waals surface area contributed by atoms with Crippen LogP contribution in [0.5, 0.6) is 0 Å². The number of carbonyl (C=O) groups is 1. The minimum absolute atomic E-state index is 0.196. The van der Waals surface area contributed by atoms with E-state index in [2.05, 4.69) is 17.1 Å². The molecule has 8 heteroatoms. The van der Waals surface area contributed by atoms with Crippen molar-refractivity contribution in [2.75, 3.05) is 31.5 Å². The summed E-state index contributed by atoms with van der Waals surface area (Å²) in [5.74, 6) is -0.196. The first-order chi connectivity index (χ1) is 16.0. The Labute approximate surface area is 194 Å². The highest BCUT2D eigenvalue weighted by molar-refractivity contribution is 7.89. The number of pyridine rings is 1. The molecule has 1 aromatic heterocycles. The Morgan fingerprint density at radius 3 is 2.48 bits per heavy atom. The summed E-state index contributed by atoms with van der Waals surface area (Å²) in [6, 6.07) is 14.2. The molecule has 2 aliphatic rings. The van der Waals surface area contributed by atoms with Gasteiger partial charge in [-0.25, -0.2) is 8.42 Å². The summed E-state index contributed by atoms with van der Waals surface area (Å²) in [5.41, 5.74) is 4.00. The van der Waals surface area contributed by atoms with Crippen LogP contribution in [0.4, 0.5) is 5.69 Å². The fourth-order valence-corrected chi connectivity index (χ4v) is 6.27. The van der Waals surface area contributed by atoms with Crippen LogP contribution in [-0.4, -0.2) is 54.7 Å². The van der Waals surface area contributed by atoms with Gasteiger partial charge in [-0.3, -0.25) is 14.7 Å². The number of anilines is 1. The van der Waals surface area contributed by atoms with Crippen molar-refractivity contribution >= 4 is 32.5 Å². The van der Waals surface area contributed by atoms with E-state index in [0.717, 1.165) is 54.5 Å². The van der Waals surface area contributed by atoms with Gasteiger partial charge in [-0.05, 0) is 49.7 Å². The lowest BCUT2D eigenvalue weighted by Crippen LogP contribution is -2.33. The molecule has 0 saturated carbocycles. The van der Waals surface area contributed by atoms with Crippen molar-refractivity contribution in [2.45, 2.75) is 37.6 Å². The van der Waals surface area contributed by atoms with E-state index in [9.17, 15) is 13.2 Å². The SMILES string of the molecule is CCN1CCc2nc3ccccc3c(C(=O)Nc3ccc(S(=O)(=O)N4CCCC4)cc3)c2C1. The summed E-state index contributed by atoms with van der Waals surface area (Å²) in [5, 5.41) is 3.82. The summed E-state index contributed by atoms with van der Waals surface area (Å²) in [4.78, 5) is 20.9. The molecule has 33 heavy (non-hydrogen) atoms. The van der Waals surface area contributed by atoms with Crippen LogP contribution < -0.4 is 5.32 Å². The third kappa shape index (κ3) is 4.14. The van der Waals surface area contributed by atoms with Crippen LogP contribution in [0.15, 0.2) is 53.4 Å². The zero-order chi connectivity index (χ0) is 23.0. The zero-order valence-corrected chi connectivity index (χ0v) is 19.6. The molecule has 0 unspecified atom stereocenters. The molecule has 2 aliphatic heterocycles. The van der Waals surface area contributed by atoms with Gasteiger partial charge in [0.15, 0.2) is 0 Å². The maximum atomic E-state index is 13.5.